The molecule has 1 fully saturated rings. The van der Waals surface area contributed by atoms with Gasteiger partial charge in [-0.1, -0.05) is 29.8 Å². The molecular weight excluding hydrogens is 357 g/mol. The Morgan fingerprint density at radius 2 is 2.00 bits per heavy atom. The number of hydrogen-bond donors (Lipinski definition) is 1. The van der Waals surface area contributed by atoms with Gasteiger partial charge in [-0.25, -0.2) is 4.39 Å². The van der Waals surface area contributed by atoms with Crippen molar-refractivity contribution in [3.05, 3.63) is 58.9 Å². The Hall–Kier alpha value is -2.11. The molecule has 1 saturated heterocycles. The van der Waals surface area contributed by atoms with Crippen molar-refractivity contribution in [1.82, 2.24) is 0 Å². The summed E-state index contributed by atoms with van der Waals surface area (Å²) in [6, 6.07) is 11.5. The van der Waals surface area contributed by atoms with Gasteiger partial charge >= 0.3 is 0 Å². The topological polar surface area (TPSA) is 47.6 Å². The highest BCUT2D eigenvalue weighted by molar-refractivity contribution is 6.32. The van der Waals surface area contributed by atoms with Crippen LogP contribution in [-0.4, -0.2) is 25.7 Å². The number of carbonyl (C=O) groups is 1. The van der Waals surface area contributed by atoms with Crippen LogP contribution in [0.25, 0.3) is 0 Å². The molecule has 1 aliphatic heterocycles. The molecule has 6 heteroatoms. The number of ether oxygens (including phenoxy) is 2. The number of anilines is 1. The molecule has 0 radical (unpaired) electrons. The molecule has 138 valence electrons. The van der Waals surface area contributed by atoms with E-state index in [0.29, 0.717) is 54.7 Å². The van der Waals surface area contributed by atoms with Gasteiger partial charge in [0.25, 0.3) is 0 Å². The minimum absolute atomic E-state index is 0.258. The summed E-state index contributed by atoms with van der Waals surface area (Å²) in [5, 5.41) is 3.30. The van der Waals surface area contributed by atoms with Gasteiger partial charge in [-0.3, -0.25) is 4.79 Å². The zero-order chi connectivity index (χ0) is 18.6. The van der Waals surface area contributed by atoms with E-state index >= 15 is 0 Å². The van der Waals surface area contributed by atoms with E-state index in [-0.39, 0.29) is 11.7 Å². The van der Waals surface area contributed by atoms with Crippen molar-refractivity contribution in [1.29, 1.82) is 0 Å². The normalized spacial score (nSPS) is 16.1. The van der Waals surface area contributed by atoms with E-state index in [1.165, 1.54) is 6.07 Å². The Bertz CT molecular complexity index is 790. The van der Waals surface area contributed by atoms with Gasteiger partial charge in [-0.2, -0.15) is 0 Å². The molecule has 0 saturated carbocycles. The second kappa shape index (κ2) is 8.06. The lowest BCUT2D eigenvalue weighted by molar-refractivity contribution is -0.125. The van der Waals surface area contributed by atoms with Crippen molar-refractivity contribution in [2.75, 3.05) is 25.1 Å². The van der Waals surface area contributed by atoms with Crippen LogP contribution in [0.2, 0.25) is 5.02 Å². The number of hydrogen-bond acceptors (Lipinski definition) is 3. The average molecular weight is 378 g/mol. The minimum atomic E-state index is -0.964. The summed E-state index contributed by atoms with van der Waals surface area (Å²) in [5.74, 6) is -0.0811. The van der Waals surface area contributed by atoms with Crippen LogP contribution in [0.15, 0.2) is 42.5 Å². The van der Waals surface area contributed by atoms with E-state index in [9.17, 15) is 9.18 Å². The van der Waals surface area contributed by atoms with Crippen LogP contribution in [0.3, 0.4) is 0 Å². The van der Waals surface area contributed by atoms with Gasteiger partial charge in [0, 0.05) is 24.5 Å². The van der Waals surface area contributed by atoms with Crippen LogP contribution in [0.4, 0.5) is 10.1 Å². The molecule has 0 atom stereocenters. The molecule has 1 N–H and O–H groups in total. The maximum Gasteiger partial charge on any atom is 0.235 e. The lowest BCUT2D eigenvalue weighted by Crippen LogP contribution is -2.45. The van der Waals surface area contributed by atoms with Gasteiger partial charge in [-0.05, 0) is 44.0 Å². The quantitative estimate of drug-likeness (QED) is 0.830. The zero-order valence-electron chi connectivity index (χ0n) is 14.6. The maximum absolute atomic E-state index is 14.5. The Morgan fingerprint density at radius 1 is 1.27 bits per heavy atom. The van der Waals surface area contributed by atoms with E-state index in [4.69, 9.17) is 21.1 Å². The van der Waals surface area contributed by atoms with Crippen LogP contribution >= 0.6 is 11.6 Å². The summed E-state index contributed by atoms with van der Waals surface area (Å²) in [5.41, 5.74) is -0.0160. The van der Waals surface area contributed by atoms with E-state index in [1.807, 2.05) is 6.92 Å². The first kappa shape index (κ1) is 18.7. The predicted molar refractivity (Wildman–Crippen MR) is 99.4 cm³/mol. The molecule has 4 nitrogen and oxygen atoms in total. The second-order valence-corrected chi connectivity index (χ2v) is 6.61. The Kier molecular flexibility index (Phi) is 5.79. The van der Waals surface area contributed by atoms with Crippen LogP contribution in [0.5, 0.6) is 5.75 Å². The van der Waals surface area contributed by atoms with Gasteiger partial charge in [-0.15, -0.1) is 0 Å². The third kappa shape index (κ3) is 3.69. The Morgan fingerprint density at radius 3 is 2.65 bits per heavy atom. The molecule has 1 heterocycles. The monoisotopic (exact) mass is 377 g/mol. The van der Waals surface area contributed by atoms with Crippen molar-refractivity contribution in [3.63, 3.8) is 0 Å². The summed E-state index contributed by atoms with van der Waals surface area (Å²) in [6.45, 7) is 3.19. The molecule has 0 aliphatic carbocycles. The van der Waals surface area contributed by atoms with Gasteiger partial charge in [0.15, 0.2) is 0 Å². The second-order valence-electron chi connectivity index (χ2n) is 6.21. The molecular formula is C20H21ClFNO3. The van der Waals surface area contributed by atoms with Crippen LogP contribution in [0.1, 0.15) is 25.3 Å². The largest absolute Gasteiger partial charge is 0.492 e. The third-order valence-corrected chi connectivity index (χ3v) is 4.96. The van der Waals surface area contributed by atoms with Gasteiger partial charge in [0.1, 0.15) is 11.6 Å². The fourth-order valence-electron chi connectivity index (χ4n) is 3.29. The lowest BCUT2D eigenvalue weighted by Gasteiger charge is -2.36. The fraction of sp³-hybridized carbons (Fsp3) is 0.350. The number of carbonyl (C=O) groups excluding carboxylic acids is 1. The van der Waals surface area contributed by atoms with E-state index in [1.54, 1.807) is 36.4 Å². The first-order chi connectivity index (χ1) is 12.6. The molecule has 2 aromatic carbocycles. The van der Waals surface area contributed by atoms with E-state index in [0.717, 1.165) is 0 Å². The number of halogens is 2. The zero-order valence-corrected chi connectivity index (χ0v) is 15.3. The minimum Gasteiger partial charge on any atom is -0.492 e. The molecule has 0 unspecified atom stereocenters. The molecule has 26 heavy (non-hydrogen) atoms. The summed E-state index contributed by atoms with van der Waals surface area (Å²) in [7, 11) is 0. The summed E-state index contributed by atoms with van der Waals surface area (Å²) < 4.78 is 25.3. The molecule has 3 rings (SSSR count). The molecule has 0 bridgehead atoms. The molecule has 0 aromatic heterocycles. The van der Waals surface area contributed by atoms with Crippen molar-refractivity contribution >= 4 is 23.2 Å². The van der Waals surface area contributed by atoms with E-state index < -0.39 is 5.41 Å². The number of benzene rings is 2. The number of rotatable bonds is 5. The summed E-state index contributed by atoms with van der Waals surface area (Å²) in [4.78, 5) is 13.2. The smallest absolute Gasteiger partial charge is 0.235 e. The molecule has 1 amide bonds. The van der Waals surface area contributed by atoms with Crippen molar-refractivity contribution < 1.29 is 18.7 Å². The standard InChI is InChI=1S/C20H21ClFNO3/c1-2-26-18-8-7-14(13-16(18)21)23-19(24)20(9-11-25-12-10-20)15-5-3-4-6-17(15)22/h3-8,13H,2,9-12H2,1H3,(H,23,24). The Labute approximate surface area is 157 Å². The molecule has 2 aromatic rings. The first-order valence-corrected chi connectivity index (χ1v) is 9.01. The Balaban J connectivity index is 1.90. The van der Waals surface area contributed by atoms with Crippen LogP contribution in [0, 0.1) is 5.82 Å². The highest BCUT2D eigenvalue weighted by Crippen LogP contribution is 2.38. The number of nitrogens with one attached hydrogen (secondary N) is 1. The third-order valence-electron chi connectivity index (χ3n) is 4.66. The van der Waals surface area contributed by atoms with Gasteiger partial charge in [0.2, 0.25) is 5.91 Å². The van der Waals surface area contributed by atoms with Gasteiger partial charge in [0.05, 0.1) is 17.0 Å². The summed E-state index contributed by atoms with van der Waals surface area (Å²) in [6.07, 6.45) is 0.842. The van der Waals surface area contributed by atoms with Crippen molar-refractivity contribution in [3.8, 4) is 5.75 Å². The lowest BCUT2D eigenvalue weighted by atomic mass is 9.73. The van der Waals surface area contributed by atoms with E-state index in [2.05, 4.69) is 5.32 Å². The van der Waals surface area contributed by atoms with Crippen LogP contribution < -0.4 is 10.1 Å². The predicted octanol–water partition coefficient (Wildman–Crippen LogP) is 4.56. The molecule has 1 aliphatic rings. The molecule has 0 spiro atoms. The highest BCUT2D eigenvalue weighted by Gasteiger charge is 2.43. The number of amides is 1. The average Bonchev–Trinajstić information content (AvgIpc) is 2.65. The highest BCUT2D eigenvalue weighted by atomic mass is 35.5. The maximum atomic E-state index is 14.5. The van der Waals surface area contributed by atoms with Crippen LogP contribution in [-0.2, 0) is 14.9 Å². The van der Waals surface area contributed by atoms with Gasteiger partial charge < -0.3 is 14.8 Å². The van der Waals surface area contributed by atoms with Crippen molar-refractivity contribution in [2.45, 2.75) is 25.2 Å². The SMILES string of the molecule is CCOc1ccc(NC(=O)C2(c3ccccc3F)CCOCC2)cc1Cl. The fourth-order valence-corrected chi connectivity index (χ4v) is 3.52. The first-order valence-electron chi connectivity index (χ1n) is 8.63. The van der Waals surface area contributed by atoms with Crippen molar-refractivity contribution in [2.24, 2.45) is 0 Å². The summed E-state index contributed by atoms with van der Waals surface area (Å²) >= 11 is 6.20.